The zero-order chi connectivity index (χ0) is 11.7. The molecule has 2 aromatic heterocycles. The van der Waals surface area contributed by atoms with Crippen LogP contribution in [0.4, 0.5) is 0 Å². The number of nitrogens with one attached hydrogen (secondary N) is 1. The van der Waals surface area contributed by atoms with Gasteiger partial charge in [0.25, 0.3) is 0 Å². The zero-order valence-electron chi connectivity index (χ0n) is 9.72. The molecule has 4 nitrogen and oxygen atoms in total. The van der Waals surface area contributed by atoms with Gasteiger partial charge in [-0.15, -0.1) is 11.3 Å². The lowest BCUT2D eigenvalue weighted by Gasteiger charge is -2.35. The molecule has 1 fully saturated rings. The molecule has 0 bridgehead atoms. The minimum atomic E-state index is 0.636. The van der Waals surface area contributed by atoms with Gasteiger partial charge in [-0.05, 0) is 18.5 Å². The van der Waals surface area contributed by atoms with E-state index in [1.54, 1.807) is 11.3 Å². The Morgan fingerprint density at radius 2 is 2.47 bits per heavy atom. The molecule has 0 aliphatic carbocycles. The van der Waals surface area contributed by atoms with Crippen molar-refractivity contribution < 1.29 is 4.52 Å². The zero-order valence-corrected chi connectivity index (χ0v) is 10.5. The molecule has 1 N–H and O–H groups in total. The number of hydrogen-bond acceptors (Lipinski definition) is 5. The van der Waals surface area contributed by atoms with E-state index >= 15 is 0 Å². The van der Waals surface area contributed by atoms with Crippen molar-refractivity contribution >= 4 is 11.3 Å². The van der Waals surface area contributed by atoms with Crippen LogP contribution < -0.4 is 5.32 Å². The van der Waals surface area contributed by atoms with E-state index in [9.17, 15) is 0 Å². The molecule has 0 spiro atoms. The van der Waals surface area contributed by atoms with Gasteiger partial charge in [0.05, 0.1) is 10.6 Å². The lowest BCUT2D eigenvalue weighted by Crippen LogP contribution is -2.55. The van der Waals surface area contributed by atoms with Crippen molar-refractivity contribution in [2.45, 2.75) is 12.6 Å². The number of nitrogens with zero attached hydrogens (tertiary/aromatic N) is 2. The van der Waals surface area contributed by atoms with Crippen LogP contribution in [0, 0.1) is 0 Å². The second kappa shape index (κ2) is 4.60. The van der Waals surface area contributed by atoms with Crippen LogP contribution in [0.2, 0.25) is 0 Å². The van der Waals surface area contributed by atoms with Crippen molar-refractivity contribution in [3.63, 3.8) is 0 Å². The Hall–Kier alpha value is -1.17. The molecule has 1 saturated heterocycles. The van der Waals surface area contributed by atoms with Gasteiger partial charge in [-0.3, -0.25) is 4.90 Å². The largest absolute Gasteiger partial charge is 0.355 e. The van der Waals surface area contributed by atoms with Crippen LogP contribution in [0.5, 0.6) is 0 Å². The van der Waals surface area contributed by atoms with Gasteiger partial charge < -0.3 is 9.84 Å². The molecular weight excluding hydrogens is 234 g/mol. The van der Waals surface area contributed by atoms with Crippen molar-refractivity contribution in [3.8, 4) is 10.6 Å². The van der Waals surface area contributed by atoms with E-state index in [0.29, 0.717) is 6.04 Å². The third-order valence-electron chi connectivity index (χ3n) is 3.12. The molecule has 3 heterocycles. The lowest BCUT2D eigenvalue weighted by molar-refractivity contribution is 0.169. The van der Waals surface area contributed by atoms with Gasteiger partial charge in [0.2, 0.25) is 0 Å². The number of likely N-dealkylation sites (N-methyl/N-ethyl adjacent to an activating group) is 1. The Bertz CT molecular complexity index is 476. The predicted molar refractivity (Wildman–Crippen MR) is 67.9 cm³/mol. The maximum Gasteiger partial charge on any atom is 0.177 e. The van der Waals surface area contributed by atoms with E-state index in [2.05, 4.69) is 28.5 Å². The van der Waals surface area contributed by atoms with Crippen molar-refractivity contribution in [1.29, 1.82) is 0 Å². The number of hydrogen-bond donors (Lipinski definition) is 1. The van der Waals surface area contributed by atoms with Crippen LogP contribution in [0.3, 0.4) is 0 Å². The summed E-state index contributed by atoms with van der Waals surface area (Å²) in [5, 5.41) is 9.44. The quantitative estimate of drug-likeness (QED) is 0.897. The summed E-state index contributed by atoms with van der Waals surface area (Å²) >= 11 is 1.67. The first-order valence-corrected chi connectivity index (χ1v) is 6.61. The Morgan fingerprint density at radius 3 is 3.12 bits per heavy atom. The van der Waals surface area contributed by atoms with Crippen LogP contribution in [0.1, 0.15) is 5.69 Å². The van der Waals surface area contributed by atoms with Gasteiger partial charge in [-0.1, -0.05) is 11.2 Å². The second-order valence-electron chi connectivity index (χ2n) is 4.39. The van der Waals surface area contributed by atoms with E-state index in [-0.39, 0.29) is 0 Å². The van der Waals surface area contributed by atoms with Gasteiger partial charge in [0.15, 0.2) is 5.76 Å². The molecule has 0 unspecified atom stereocenters. The Labute approximate surface area is 104 Å². The maximum atomic E-state index is 5.36. The SMILES string of the molecule is CN(Cc1cc(-c2cccs2)on1)C1CNC1. The molecule has 5 heteroatoms. The van der Waals surface area contributed by atoms with E-state index in [0.717, 1.165) is 36.0 Å². The maximum absolute atomic E-state index is 5.36. The molecule has 3 rings (SSSR count). The van der Waals surface area contributed by atoms with Gasteiger partial charge in [-0.2, -0.15) is 0 Å². The van der Waals surface area contributed by atoms with Crippen molar-refractivity contribution in [3.05, 3.63) is 29.3 Å². The fourth-order valence-corrected chi connectivity index (χ4v) is 2.56. The van der Waals surface area contributed by atoms with Crippen LogP contribution >= 0.6 is 11.3 Å². The predicted octanol–water partition coefficient (Wildman–Crippen LogP) is 1.81. The first kappa shape index (κ1) is 11.0. The normalized spacial score (nSPS) is 16.4. The highest BCUT2D eigenvalue weighted by molar-refractivity contribution is 7.13. The summed E-state index contributed by atoms with van der Waals surface area (Å²) in [7, 11) is 2.13. The van der Waals surface area contributed by atoms with Gasteiger partial charge in [0.1, 0.15) is 0 Å². The minimum Gasteiger partial charge on any atom is -0.355 e. The van der Waals surface area contributed by atoms with Gasteiger partial charge in [0, 0.05) is 31.7 Å². The molecule has 17 heavy (non-hydrogen) atoms. The molecule has 2 aromatic rings. The minimum absolute atomic E-state index is 0.636. The third kappa shape index (κ3) is 2.26. The molecule has 0 saturated carbocycles. The molecule has 90 valence electrons. The van der Waals surface area contributed by atoms with Crippen LogP contribution in [-0.4, -0.2) is 36.2 Å². The number of aromatic nitrogens is 1. The highest BCUT2D eigenvalue weighted by Crippen LogP contribution is 2.25. The van der Waals surface area contributed by atoms with E-state index in [1.165, 1.54) is 0 Å². The monoisotopic (exact) mass is 249 g/mol. The summed E-state index contributed by atoms with van der Waals surface area (Å²) in [6, 6.07) is 6.74. The number of thiophene rings is 1. The molecular formula is C12H15N3OS. The van der Waals surface area contributed by atoms with E-state index in [1.807, 2.05) is 17.5 Å². The Balaban J connectivity index is 1.68. The average Bonchev–Trinajstić information content (AvgIpc) is 2.82. The summed E-state index contributed by atoms with van der Waals surface area (Å²) in [6.07, 6.45) is 0. The topological polar surface area (TPSA) is 41.3 Å². The van der Waals surface area contributed by atoms with Crippen LogP contribution in [0.25, 0.3) is 10.6 Å². The highest BCUT2D eigenvalue weighted by atomic mass is 32.1. The Kier molecular flexibility index (Phi) is 2.96. The first-order valence-electron chi connectivity index (χ1n) is 5.73. The molecule has 0 aromatic carbocycles. The summed E-state index contributed by atoms with van der Waals surface area (Å²) in [6.45, 7) is 3.00. The third-order valence-corrected chi connectivity index (χ3v) is 4.00. The fourth-order valence-electron chi connectivity index (χ4n) is 1.89. The van der Waals surface area contributed by atoms with E-state index in [4.69, 9.17) is 4.52 Å². The van der Waals surface area contributed by atoms with Crippen molar-refractivity contribution in [2.75, 3.05) is 20.1 Å². The molecule has 1 aliphatic rings. The second-order valence-corrected chi connectivity index (χ2v) is 5.33. The smallest absolute Gasteiger partial charge is 0.177 e. The Morgan fingerprint density at radius 1 is 1.59 bits per heavy atom. The summed E-state index contributed by atoms with van der Waals surface area (Å²) in [5.41, 5.74) is 1.00. The average molecular weight is 249 g/mol. The van der Waals surface area contributed by atoms with Crippen LogP contribution in [0.15, 0.2) is 28.1 Å². The molecule has 0 amide bonds. The summed E-state index contributed by atoms with van der Waals surface area (Å²) in [5.74, 6) is 0.870. The highest BCUT2D eigenvalue weighted by Gasteiger charge is 2.22. The van der Waals surface area contributed by atoms with Crippen LogP contribution in [-0.2, 0) is 6.54 Å². The van der Waals surface area contributed by atoms with Crippen molar-refractivity contribution in [1.82, 2.24) is 15.4 Å². The molecule has 1 aliphatic heterocycles. The van der Waals surface area contributed by atoms with Gasteiger partial charge in [-0.25, -0.2) is 0 Å². The van der Waals surface area contributed by atoms with E-state index < -0.39 is 0 Å². The summed E-state index contributed by atoms with van der Waals surface area (Å²) < 4.78 is 5.36. The lowest BCUT2D eigenvalue weighted by atomic mass is 10.1. The number of rotatable bonds is 4. The van der Waals surface area contributed by atoms with Gasteiger partial charge >= 0.3 is 0 Å². The first-order chi connectivity index (χ1) is 8.33. The fraction of sp³-hybridized carbons (Fsp3) is 0.417. The molecule has 0 atom stereocenters. The standard InChI is InChI=1S/C12H15N3OS/c1-15(10-6-13-7-10)8-9-5-11(16-14-9)12-3-2-4-17-12/h2-5,10,13H,6-8H2,1H3. The van der Waals surface area contributed by atoms with Crippen molar-refractivity contribution in [2.24, 2.45) is 0 Å². The molecule has 0 radical (unpaired) electrons. The summed E-state index contributed by atoms with van der Waals surface area (Å²) in [4.78, 5) is 3.45.